The van der Waals surface area contributed by atoms with Crippen molar-refractivity contribution in [2.75, 3.05) is 20.3 Å². The number of halogens is 1. The Kier molecular flexibility index (Phi) is 4.95. The Morgan fingerprint density at radius 1 is 1.53 bits per heavy atom. The lowest BCUT2D eigenvalue weighted by molar-refractivity contribution is 0.0606. The third-order valence-corrected chi connectivity index (χ3v) is 4.05. The van der Waals surface area contributed by atoms with Crippen LogP contribution in [0.2, 0.25) is 0 Å². The fourth-order valence-corrected chi connectivity index (χ4v) is 2.87. The SMILES string of the molecule is CNC(CC1CCOCC1)c1ncccc1Br. The van der Waals surface area contributed by atoms with Gasteiger partial charge in [0.1, 0.15) is 0 Å². The maximum Gasteiger partial charge on any atom is 0.0714 e. The molecule has 1 N–H and O–H groups in total. The first-order chi connectivity index (χ1) is 8.31. The van der Waals surface area contributed by atoms with E-state index in [2.05, 4.69) is 32.3 Å². The largest absolute Gasteiger partial charge is 0.381 e. The number of hydrogen-bond acceptors (Lipinski definition) is 3. The number of rotatable bonds is 4. The predicted octanol–water partition coefficient (Wildman–Crippen LogP) is 2.92. The Hall–Kier alpha value is -0.450. The summed E-state index contributed by atoms with van der Waals surface area (Å²) in [7, 11) is 2.01. The molecule has 1 fully saturated rings. The summed E-state index contributed by atoms with van der Waals surface area (Å²) in [6.07, 6.45) is 5.33. The van der Waals surface area contributed by atoms with Crippen LogP contribution in [-0.2, 0) is 4.74 Å². The lowest BCUT2D eigenvalue weighted by atomic mass is 9.91. The molecule has 0 aliphatic carbocycles. The molecule has 1 aromatic heterocycles. The van der Waals surface area contributed by atoms with Gasteiger partial charge in [-0.2, -0.15) is 0 Å². The van der Waals surface area contributed by atoms with Crippen molar-refractivity contribution in [2.45, 2.75) is 25.3 Å². The van der Waals surface area contributed by atoms with E-state index in [0.717, 1.165) is 35.7 Å². The van der Waals surface area contributed by atoms with Gasteiger partial charge in [0.15, 0.2) is 0 Å². The number of hydrogen-bond donors (Lipinski definition) is 1. The average molecular weight is 299 g/mol. The molecule has 94 valence electrons. The first-order valence-electron chi connectivity index (χ1n) is 6.16. The smallest absolute Gasteiger partial charge is 0.0714 e. The predicted molar refractivity (Wildman–Crippen MR) is 71.9 cm³/mol. The highest BCUT2D eigenvalue weighted by Gasteiger charge is 2.21. The van der Waals surface area contributed by atoms with E-state index in [1.807, 2.05) is 19.3 Å². The molecule has 17 heavy (non-hydrogen) atoms. The van der Waals surface area contributed by atoms with Gasteiger partial charge in [-0.05, 0) is 60.3 Å². The minimum absolute atomic E-state index is 0.327. The van der Waals surface area contributed by atoms with Crippen LogP contribution >= 0.6 is 15.9 Å². The minimum atomic E-state index is 0.327. The summed E-state index contributed by atoms with van der Waals surface area (Å²) in [5.41, 5.74) is 1.11. The zero-order valence-corrected chi connectivity index (χ0v) is 11.7. The summed E-state index contributed by atoms with van der Waals surface area (Å²) in [5, 5.41) is 3.37. The van der Waals surface area contributed by atoms with E-state index < -0.39 is 0 Å². The van der Waals surface area contributed by atoms with E-state index in [1.165, 1.54) is 12.8 Å². The molecule has 0 radical (unpaired) electrons. The third-order valence-electron chi connectivity index (χ3n) is 3.38. The van der Waals surface area contributed by atoms with Crippen molar-refractivity contribution in [3.63, 3.8) is 0 Å². The van der Waals surface area contributed by atoms with E-state index >= 15 is 0 Å². The second kappa shape index (κ2) is 6.47. The summed E-state index contributed by atoms with van der Waals surface area (Å²) < 4.78 is 6.49. The summed E-state index contributed by atoms with van der Waals surface area (Å²) >= 11 is 3.58. The number of aromatic nitrogens is 1. The maximum atomic E-state index is 5.40. The highest BCUT2D eigenvalue weighted by molar-refractivity contribution is 9.10. The van der Waals surface area contributed by atoms with Gasteiger partial charge in [0, 0.05) is 23.9 Å². The van der Waals surface area contributed by atoms with Gasteiger partial charge >= 0.3 is 0 Å². The van der Waals surface area contributed by atoms with E-state index in [0.29, 0.717) is 6.04 Å². The molecule has 0 aromatic carbocycles. The standard InChI is InChI=1S/C13H19BrN2O/c1-15-12(9-10-4-7-17-8-5-10)13-11(14)3-2-6-16-13/h2-3,6,10,12,15H,4-5,7-9H2,1H3. The molecule has 1 atom stereocenters. The molecule has 4 heteroatoms. The van der Waals surface area contributed by atoms with Gasteiger partial charge in [0.05, 0.1) is 11.7 Å². The number of ether oxygens (including phenoxy) is 1. The van der Waals surface area contributed by atoms with Crippen LogP contribution in [0, 0.1) is 5.92 Å². The molecule has 0 saturated carbocycles. The average Bonchev–Trinajstić information content (AvgIpc) is 2.38. The third kappa shape index (κ3) is 3.50. The van der Waals surface area contributed by atoms with Crippen molar-refractivity contribution in [3.8, 4) is 0 Å². The molecule has 1 saturated heterocycles. The van der Waals surface area contributed by atoms with E-state index in [4.69, 9.17) is 4.74 Å². The van der Waals surface area contributed by atoms with Gasteiger partial charge in [-0.15, -0.1) is 0 Å². The molecule has 1 unspecified atom stereocenters. The van der Waals surface area contributed by atoms with Crippen LogP contribution in [0.4, 0.5) is 0 Å². The Balaban J connectivity index is 2.03. The van der Waals surface area contributed by atoms with Crippen LogP contribution < -0.4 is 5.32 Å². The normalized spacial score (nSPS) is 19.2. The van der Waals surface area contributed by atoms with Crippen LogP contribution in [-0.4, -0.2) is 25.2 Å². The lowest BCUT2D eigenvalue weighted by Crippen LogP contribution is -2.24. The van der Waals surface area contributed by atoms with Crippen LogP contribution in [0.15, 0.2) is 22.8 Å². The van der Waals surface area contributed by atoms with Crippen LogP contribution in [0.3, 0.4) is 0 Å². The summed E-state index contributed by atoms with van der Waals surface area (Å²) in [6.45, 7) is 1.81. The van der Waals surface area contributed by atoms with Gasteiger partial charge < -0.3 is 10.1 Å². The van der Waals surface area contributed by atoms with E-state index in [1.54, 1.807) is 0 Å². The Morgan fingerprint density at radius 2 is 2.29 bits per heavy atom. The Labute approximate surface area is 111 Å². The highest BCUT2D eigenvalue weighted by Crippen LogP contribution is 2.29. The lowest BCUT2D eigenvalue weighted by Gasteiger charge is -2.26. The van der Waals surface area contributed by atoms with Gasteiger partial charge in [-0.1, -0.05) is 0 Å². The molecule has 0 bridgehead atoms. The minimum Gasteiger partial charge on any atom is -0.381 e. The second-order valence-electron chi connectivity index (χ2n) is 4.50. The van der Waals surface area contributed by atoms with Gasteiger partial charge in [-0.25, -0.2) is 0 Å². The van der Waals surface area contributed by atoms with Gasteiger partial charge in [0.2, 0.25) is 0 Å². The molecule has 1 aromatic rings. The molecule has 0 amide bonds. The van der Waals surface area contributed by atoms with E-state index in [9.17, 15) is 0 Å². The van der Waals surface area contributed by atoms with Crippen molar-refractivity contribution in [2.24, 2.45) is 5.92 Å². The zero-order chi connectivity index (χ0) is 12.1. The topological polar surface area (TPSA) is 34.1 Å². The summed E-state index contributed by atoms with van der Waals surface area (Å²) in [6, 6.07) is 4.33. The van der Waals surface area contributed by atoms with Crippen molar-refractivity contribution in [1.82, 2.24) is 10.3 Å². The Bertz CT molecular complexity index is 353. The second-order valence-corrected chi connectivity index (χ2v) is 5.36. The number of nitrogens with one attached hydrogen (secondary N) is 1. The first kappa shape index (κ1) is 13.0. The van der Waals surface area contributed by atoms with E-state index in [-0.39, 0.29) is 0 Å². The zero-order valence-electron chi connectivity index (χ0n) is 10.2. The quantitative estimate of drug-likeness (QED) is 0.928. The van der Waals surface area contributed by atoms with Crippen LogP contribution in [0.25, 0.3) is 0 Å². The highest BCUT2D eigenvalue weighted by atomic mass is 79.9. The van der Waals surface area contributed by atoms with Crippen molar-refractivity contribution in [1.29, 1.82) is 0 Å². The Morgan fingerprint density at radius 3 is 2.94 bits per heavy atom. The summed E-state index contributed by atoms with van der Waals surface area (Å²) in [5.74, 6) is 0.745. The van der Waals surface area contributed by atoms with Crippen molar-refractivity contribution in [3.05, 3.63) is 28.5 Å². The molecule has 2 heterocycles. The molecule has 3 nitrogen and oxygen atoms in total. The van der Waals surface area contributed by atoms with Crippen molar-refractivity contribution >= 4 is 15.9 Å². The fourth-order valence-electron chi connectivity index (χ4n) is 2.34. The molecule has 0 spiro atoms. The van der Waals surface area contributed by atoms with Crippen LogP contribution in [0.5, 0.6) is 0 Å². The molecular weight excluding hydrogens is 280 g/mol. The summed E-state index contributed by atoms with van der Waals surface area (Å²) in [4.78, 5) is 4.47. The fraction of sp³-hybridized carbons (Fsp3) is 0.615. The van der Waals surface area contributed by atoms with Crippen LogP contribution in [0.1, 0.15) is 31.0 Å². The maximum absolute atomic E-state index is 5.40. The van der Waals surface area contributed by atoms with Gasteiger partial charge in [-0.3, -0.25) is 4.98 Å². The molecule has 1 aliphatic rings. The van der Waals surface area contributed by atoms with Gasteiger partial charge in [0.25, 0.3) is 0 Å². The van der Waals surface area contributed by atoms with Crippen molar-refractivity contribution < 1.29 is 4.74 Å². The first-order valence-corrected chi connectivity index (χ1v) is 6.96. The molecule has 1 aliphatic heterocycles. The number of pyridine rings is 1. The monoisotopic (exact) mass is 298 g/mol. The molecular formula is C13H19BrN2O. The molecule has 2 rings (SSSR count). The number of nitrogens with zero attached hydrogens (tertiary/aromatic N) is 1.